The Kier molecular flexibility index (Phi) is 7.35. The molecule has 3 aromatic rings. The molecule has 0 bridgehead atoms. The first kappa shape index (κ1) is 23.9. The van der Waals surface area contributed by atoms with Crippen LogP contribution in [0.15, 0.2) is 46.0 Å². The highest BCUT2D eigenvalue weighted by atomic mass is 35.5. The summed E-state index contributed by atoms with van der Waals surface area (Å²) in [5, 5.41) is 9.18. The fourth-order valence-electron chi connectivity index (χ4n) is 2.62. The van der Waals surface area contributed by atoms with Gasteiger partial charge in [-0.05, 0) is 56.2 Å². The number of hydrogen-bond donors (Lipinski definition) is 1. The summed E-state index contributed by atoms with van der Waals surface area (Å²) < 4.78 is 50.2. The minimum Gasteiger partial charge on any atom is -0.484 e. The van der Waals surface area contributed by atoms with Crippen LogP contribution in [0.4, 0.5) is 18.9 Å². The van der Waals surface area contributed by atoms with E-state index in [1.807, 2.05) is 32.0 Å². The molecule has 11 heteroatoms. The zero-order valence-electron chi connectivity index (χ0n) is 17.3. The zero-order chi connectivity index (χ0) is 23.5. The van der Waals surface area contributed by atoms with Crippen molar-refractivity contribution in [2.45, 2.75) is 44.0 Å². The molecule has 1 unspecified atom stereocenters. The maximum Gasteiger partial charge on any atom is 0.417 e. The van der Waals surface area contributed by atoms with Gasteiger partial charge in [0.25, 0.3) is 11.1 Å². The first-order valence-electron chi connectivity index (χ1n) is 9.39. The number of nitrogens with one attached hydrogen (secondary N) is 1. The average molecular weight is 486 g/mol. The second kappa shape index (κ2) is 9.83. The number of aromatic nitrogens is 2. The number of thioether (sulfide) groups is 1. The van der Waals surface area contributed by atoms with E-state index >= 15 is 0 Å². The van der Waals surface area contributed by atoms with Gasteiger partial charge in [-0.25, -0.2) is 0 Å². The summed E-state index contributed by atoms with van der Waals surface area (Å²) in [6.07, 6.45) is -4.63. The van der Waals surface area contributed by atoms with Crippen molar-refractivity contribution in [2.24, 2.45) is 0 Å². The molecule has 32 heavy (non-hydrogen) atoms. The van der Waals surface area contributed by atoms with Gasteiger partial charge in [-0.15, -0.1) is 10.2 Å². The minimum absolute atomic E-state index is 0.0210. The molecule has 1 heterocycles. The van der Waals surface area contributed by atoms with Gasteiger partial charge in [0.1, 0.15) is 5.75 Å². The van der Waals surface area contributed by atoms with Crippen LogP contribution in [0.5, 0.6) is 5.75 Å². The summed E-state index contributed by atoms with van der Waals surface area (Å²) in [5.41, 5.74) is 0.969. The molecule has 170 valence electrons. The number of halogens is 4. The van der Waals surface area contributed by atoms with Gasteiger partial charge in [0, 0.05) is 5.69 Å². The maximum atomic E-state index is 13.0. The number of rotatable bonds is 7. The van der Waals surface area contributed by atoms with Crippen LogP contribution in [0.25, 0.3) is 0 Å². The van der Waals surface area contributed by atoms with E-state index in [0.29, 0.717) is 5.75 Å². The summed E-state index contributed by atoms with van der Waals surface area (Å²) in [6.45, 7) is 5.50. The van der Waals surface area contributed by atoms with E-state index < -0.39 is 27.9 Å². The number of hydrogen-bond acceptors (Lipinski definition) is 6. The van der Waals surface area contributed by atoms with Crippen molar-refractivity contribution in [1.29, 1.82) is 0 Å². The van der Waals surface area contributed by atoms with Crippen molar-refractivity contribution in [2.75, 3.05) is 5.32 Å². The topological polar surface area (TPSA) is 77.2 Å². The molecule has 0 radical (unpaired) electrons. The smallest absolute Gasteiger partial charge is 0.417 e. The second-order valence-electron chi connectivity index (χ2n) is 6.96. The number of anilines is 1. The Bertz CT molecular complexity index is 1120. The highest BCUT2D eigenvalue weighted by molar-refractivity contribution is 8.00. The van der Waals surface area contributed by atoms with E-state index in [1.54, 1.807) is 6.92 Å². The SMILES string of the molecule is Cc1ccc(C)c(OCc2nnc(SC(C)C(=O)Nc3ccc(Cl)c(C(F)(F)F)c3)o2)c1. The first-order valence-corrected chi connectivity index (χ1v) is 10.7. The monoisotopic (exact) mass is 485 g/mol. The van der Waals surface area contributed by atoms with Crippen LogP contribution in [0.2, 0.25) is 5.02 Å². The van der Waals surface area contributed by atoms with Gasteiger partial charge in [-0.2, -0.15) is 13.2 Å². The highest BCUT2D eigenvalue weighted by Crippen LogP contribution is 2.36. The Morgan fingerprint density at radius 2 is 1.97 bits per heavy atom. The van der Waals surface area contributed by atoms with Crippen LogP contribution < -0.4 is 10.1 Å². The highest BCUT2D eigenvalue weighted by Gasteiger charge is 2.33. The Hall–Kier alpha value is -2.72. The molecule has 0 saturated carbocycles. The Balaban J connectivity index is 1.58. The molecule has 0 aliphatic rings. The van der Waals surface area contributed by atoms with Crippen molar-refractivity contribution < 1.29 is 27.1 Å². The van der Waals surface area contributed by atoms with Crippen molar-refractivity contribution in [3.05, 3.63) is 64.0 Å². The number of ether oxygens (including phenoxy) is 1. The molecule has 1 N–H and O–H groups in total. The van der Waals surface area contributed by atoms with Crippen molar-refractivity contribution >= 4 is 35.0 Å². The van der Waals surface area contributed by atoms with Crippen LogP contribution in [0.3, 0.4) is 0 Å². The van der Waals surface area contributed by atoms with Gasteiger partial charge in [0.05, 0.1) is 15.8 Å². The van der Waals surface area contributed by atoms with Gasteiger partial charge < -0.3 is 14.5 Å². The van der Waals surface area contributed by atoms with Crippen LogP contribution in [-0.4, -0.2) is 21.4 Å². The molecular weight excluding hydrogens is 467 g/mol. The summed E-state index contributed by atoms with van der Waals surface area (Å²) in [7, 11) is 0. The quantitative estimate of drug-likeness (QED) is 0.410. The molecule has 0 saturated heterocycles. The number of carbonyl (C=O) groups is 1. The molecule has 3 rings (SSSR count). The predicted octanol–water partition coefficient (Wildman–Crippen LogP) is 6.06. The molecule has 6 nitrogen and oxygen atoms in total. The largest absolute Gasteiger partial charge is 0.484 e. The minimum atomic E-state index is -4.63. The van der Waals surface area contributed by atoms with Gasteiger partial charge >= 0.3 is 6.18 Å². The van der Waals surface area contributed by atoms with Gasteiger partial charge in [-0.3, -0.25) is 4.79 Å². The molecule has 2 aromatic carbocycles. The summed E-state index contributed by atoms with van der Waals surface area (Å²) in [4.78, 5) is 12.4. The van der Waals surface area contributed by atoms with Crippen LogP contribution >= 0.6 is 23.4 Å². The molecule has 1 aromatic heterocycles. The third-order valence-corrected chi connectivity index (χ3v) is 5.59. The Labute approximate surface area is 191 Å². The van der Waals surface area contributed by atoms with Crippen molar-refractivity contribution in [1.82, 2.24) is 10.2 Å². The van der Waals surface area contributed by atoms with E-state index in [4.69, 9.17) is 20.8 Å². The Morgan fingerprint density at radius 1 is 1.22 bits per heavy atom. The van der Waals surface area contributed by atoms with Gasteiger partial charge in [0.2, 0.25) is 5.91 Å². The van der Waals surface area contributed by atoms with Crippen molar-refractivity contribution in [3.63, 3.8) is 0 Å². The van der Waals surface area contributed by atoms with E-state index in [0.717, 1.165) is 35.0 Å². The summed E-state index contributed by atoms with van der Waals surface area (Å²) in [5.74, 6) is 0.400. The fourth-order valence-corrected chi connectivity index (χ4v) is 3.54. The summed E-state index contributed by atoms with van der Waals surface area (Å²) in [6, 6.07) is 8.98. The lowest BCUT2D eigenvalue weighted by molar-refractivity contribution is -0.137. The normalized spacial score (nSPS) is 12.5. The molecule has 0 aliphatic heterocycles. The third kappa shape index (κ3) is 6.17. The maximum absolute atomic E-state index is 13.0. The second-order valence-corrected chi connectivity index (χ2v) is 8.66. The van der Waals surface area contributed by atoms with Gasteiger partial charge in [0.15, 0.2) is 6.61 Å². The van der Waals surface area contributed by atoms with E-state index in [2.05, 4.69) is 15.5 Å². The van der Waals surface area contributed by atoms with Crippen LogP contribution in [0, 0.1) is 13.8 Å². The predicted molar refractivity (Wildman–Crippen MR) is 115 cm³/mol. The molecule has 0 fully saturated rings. The molecule has 0 spiro atoms. The number of nitrogens with zero attached hydrogens (tertiary/aromatic N) is 2. The number of carbonyl (C=O) groups excluding carboxylic acids is 1. The number of amides is 1. The van der Waals surface area contributed by atoms with Crippen LogP contribution in [0.1, 0.15) is 29.5 Å². The molecule has 1 atom stereocenters. The number of alkyl halides is 3. The lowest BCUT2D eigenvalue weighted by Gasteiger charge is -2.13. The third-order valence-electron chi connectivity index (χ3n) is 4.33. The molecular formula is C21H19ClF3N3O3S. The molecule has 0 aliphatic carbocycles. The average Bonchev–Trinajstić information content (AvgIpc) is 3.16. The van der Waals surface area contributed by atoms with Crippen LogP contribution in [-0.2, 0) is 17.6 Å². The lowest BCUT2D eigenvalue weighted by atomic mass is 10.1. The standard InChI is InChI=1S/C21H19ClF3N3O3S/c1-11-4-5-12(2)17(8-11)30-10-18-27-28-20(31-18)32-13(3)19(29)26-14-6-7-16(22)15(9-14)21(23,24)25/h4-9,13H,10H2,1-3H3,(H,26,29). The van der Waals surface area contributed by atoms with Gasteiger partial charge in [-0.1, -0.05) is 35.5 Å². The summed E-state index contributed by atoms with van der Waals surface area (Å²) >= 11 is 6.57. The van der Waals surface area contributed by atoms with E-state index in [1.165, 1.54) is 6.07 Å². The number of benzene rings is 2. The fraction of sp³-hybridized carbons (Fsp3) is 0.286. The van der Waals surface area contributed by atoms with E-state index in [9.17, 15) is 18.0 Å². The van der Waals surface area contributed by atoms with Crippen molar-refractivity contribution in [3.8, 4) is 5.75 Å². The first-order chi connectivity index (χ1) is 15.0. The molecule has 1 amide bonds. The number of aryl methyl sites for hydroxylation is 2. The van der Waals surface area contributed by atoms with E-state index in [-0.39, 0.29) is 23.4 Å². The Morgan fingerprint density at radius 3 is 2.69 bits per heavy atom. The zero-order valence-corrected chi connectivity index (χ0v) is 18.9. The lowest BCUT2D eigenvalue weighted by Crippen LogP contribution is -2.22.